The molecule has 1 amide bonds. The van der Waals surface area contributed by atoms with Gasteiger partial charge in [0.05, 0.1) is 17.3 Å². The second-order valence-corrected chi connectivity index (χ2v) is 9.99. The van der Waals surface area contributed by atoms with Crippen LogP contribution in [0.15, 0.2) is 95.6 Å². The zero-order valence-corrected chi connectivity index (χ0v) is 21.3. The van der Waals surface area contributed by atoms with Gasteiger partial charge < -0.3 is 4.74 Å². The van der Waals surface area contributed by atoms with E-state index in [9.17, 15) is 9.59 Å². The molecule has 3 aromatic carbocycles. The second kappa shape index (κ2) is 10.6. The second-order valence-electron chi connectivity index (χ2n) is 8.74. The van der Waals surface area contributed by atoms with Crippen LogP contribution in [-0.2, 0) is 9.53 Å². The third-order valence-corrected chi connectivity index (χ3v) is 7.16. The summed E-state index contributed by atoms with van der Waals surface area (Å²) in [5, 5.41) is 6.39. The number of hydrazone groups is 1. The van der Waals surface area contributed by atoms with Crippen molar-refractivity contribution in [3.63, 3.8) is 0 Å². The number of allylic oxidation sites excluding steroid dienone is 1. The maximum atomic E-state index is 13.3. The molecule has 1 fully saturated rings. The Morgan fingerprint density at radius 3 is 2.37 bits per heavy atom. The molecule has 0 aromatic heterocycles. The van der Waals surface area contributed by atoms with Gasteiger partial charge in [-0.15, -0.1) is 0 Å². The first kappa shape index (κ1) is 23.5. The summed E-state index contributed by atoms with van der Waals surface area (Å²) < 4.78 is 6.41. The van der Waals surface area contributed by atoms with Crippen LogP contribution in [0, 0.1) is 9.49 Å². The first-order valence-electron chi connectivity index (χ1n) is 11.7. The molecule has 5 nitrogen and oxygen atoms in total. The number of hydrogen-bond acceptors (Lipinski definition) is 4. The van der Waals surface area contributed by atoms with Crippen LogP contribution in [0.25, 0.3) is 6.08 Å². The Morgan fingerprint density at radius 1 is 0.971 bits per heavy atom. The van der Waals surface area contributed by atoms with E-state index in [1.807, 2.05) is 60.7 Å². The van der Waals surface area contributed by atoms with E-state index in [1.54, 1.807) is 17.1 Å². The number of ether oxygens (including phenoxy) is 1. The van der Waals surface area contributed by atoms with Gasteiger partial charge in [0.25, 0.3) is 5.91 Å². The van der Waals surface area contributed by atoms with Gasteiger partial charge in [-0.2, -0.15) is 5.10 Å². The van der Waals surface area contributed by atoms with Crippen LogP contribution in [0.2, 0.25) is 0 Å². The molecule has 176 valence electrons. The minimum atomic E-state index is -0.514. The highest BCUT2D eigenvalue weighted by atomic mass is 127. The minimum absolute atomic E-state index is 0.108. The lowest BCUT2D eigenvalue weighted by molar-refractivity contribution is -0.137. The molecule has 0 spiro atoms. The predicted molar refractivity (Wildman–Crippen MR) is 145 cm³/mol. The standard InChI is InChI=1S/C29H25IN2O3/c30-24-16-14-22(15-17-24)29(34)35-19-26(33)32-28(21-10-5-2-6-11-21)25-13-7-12-23(27(25)31-32)18-20-8-3-1-4-9-20/h1-6,8-11,14-18,25,28H,7,12-13,19H2. The largest absolute Gasteiger partial charge is 0.452 e. The van der Waals surface area contributed by atoms with Crippen LogP contribution in [0.1, 0.15) is 46.8 Å². The molecule has 3 aromatic rings. The van der Waals surface area contributed by atoms with Crippen LogP contribution in [-0.4, -0.2) is 29.2 Å². The summed E-state index contributed by atoms with van der Waals surface area (Å²) >= 11 is 2.18. The lowest BCUT2D eigenvalue weighted by Gasteiger charge is -2.29. The summed E-state index contributed by atoms with van der Waals surface area (Å²) in [7, 11) is 0. The van der Waals surface area contributed by atoms with E-state index in [0.29, 0.717) is 5.56 Å². The van der Waals surface area contributed by atoms with E-state index in [-0.39, 0.29) is 24.5 Å². The Kier molecular flexibility index (Phi) is 7.08. The number of carbonyl (C=O) groups is 2. The fraction of sp³-hybridized carbons (Fsp3) is 0.207. The number of fused-ring (bicyclic) bond motifs is 1. The Hall–Kier alpha value is -3.26. The van der Waals surface area contributed by atoms with Crippen molar-refractivity contribution in [3.05, 3.63) is 111 Å². The van der Waals surface area contributed by atoms with Crippen LogP contribution < -0.4 is 0 Å². The first-order valence-corrected chi connectivity index (χ1v) is 12.8. The summed E-state index contributed by atoms with van der Waals surface area (Å²) in [6.07, 6.45) is 5.10. The van der Waals surface area contributed by atoms with Crippen LogP contribution in [0.4, 0.5) is 0 Å². The average molecular weight is 576 g/mol. The van der Waals surface area contributed by atoms with Crippen molar-refractivity contribution < 1.29 is 14.3 Å². The van der Waals surface area contributed by atoms with Crippen molar-refractivity contribution >= 4 is 46.3 Å². The van der Waals surface area contributed by atoms with Crippen molar-refractivity contribution in [1.82, 2.24) is 5.01 Å². The van der Waals surface area contributed by atoms with Gasteiger partial charge in [0.1, 0.15) is 0 Å². The van der Waals surface area contributed by atoms with E-state index < -0.39 is 5.97 Å². The Bertz CT molecular complexity index is 1270. The number of amides is 1. The average Bonchev–Trinajstić information content (AvgIpc) is 3.29. The number of halogens is 1. The number of benzene rings is 3. The molecule has 2 unspecified atom stereocenters. The summed E-state index contributed by atoms with van der Waals surface area (Å²) in [5.74, 6) is -0.726. The normalized spacial score (nSPS) is 20.3. The van der Waals surface area contributed by atoms with Gasteiger partial charge in [-0.25, -0.2) is 9.80 Å². The summed E-state index contributed by atoms with van der Waals surface area (Å²) in [4.78, 5) is 25.8. The van der Waals surface area contributed by atoms with Crippen molar-refractivity contribution in [3.8, 4) is 0 Å². The number of carbonyl (C=O) groups excluding carboxylic acids is 2. The van der Waals surface area contributed by atoms with Crippen LogP contribution >= 0.6 is 22.6 Å². The van der Waals surface area contributed by atoms with E-state index >= 15 is 0 Å². The topological polar surface area (TPSA) is 59.0 Å². The van der Waals surface area contributed by atoms with Gasteiger partial charge in [0.15, 0.2) is 6.61 Å². The first-order chi connectivity index (χ1) is 17.1. The molecule has 0 bridgehead atoms. The van der Waals surface area contributed by atoms with E-state index in [2.05, 4.69) is 40.8 Å². The molecule has 2 aliphatic rings. The maximum Gasteiger partial charge on any atom is 0.338 e. The Morgan fingerprint density at radius 2 is 1.66 bits per heavy atom. The highest BCUT2D eigenvalue weighted by Crippen LogP contribution is 2.44. The van der Waals surface area contributed by atoms with Gasteiger partial charge in [-0.3, -0.25) is 4.79 Å². The van der Waals surface area contributed by atoms with Crippen LogP contribution in [0.5, 0.6) is 0 Å². The minimum Gasteiger partial charge on any atom is -0.452 e. The van der Waals surface area contributed by atoms with Crippen molar-refractivity contribution in [2.24, 2.45) is 11.0 Å². The Balaban J connectivity index is 1.41. The summed E-state index contributed by atoms with van der Waals surface area (Å²) in [5.41, 5.74) is 4.71. The third kappa shape index (κ3) is 5.22. The number of rotatable bonds is 5. The van der Waals surface area contributed by atoms with Gasteiger partial charge in [0, 0.05) is 9.49 Å². The number of esters is 1. The maximum absolute atomic E-state index is 13.3. The molecule has 6 heteroatoms. The Labute approximate surface area is 218 Å². The molecule has 1 aliphatic heterocycles. The fourth-order valence-corrected chi connectivity index (χ4v) is 5.16. The zero-order valence-electron chi connectivity index (χ0n) is 19.1. The zero-order chi connectivity index (χ0) is 24.2. The van der Waals surface area contributed by atoms with Crippen molar-refractivity contribution in [2.45, 2.75) is 25.3 Å². The smallest absolute Gasteiger partial charge is 0.338 e. The molecular formula is C29H25IN2O3. The van der Waals surface area contributed by atoms with E-state index in [4.69, 9.17) is 9.84 Å². The molecule has 0 saturated heterocycles. The molecular weight excluding hydrogens is 551 g/mol. The van der Waals surface area contributed by atoms with Gasteiger partial charge in [-0.1, -0.05) is 60.7 Å². The lowest BCUT2D eigenvalue weighted by atomic mass is 9.77. The summed E-state index contributed by atoms with van der Waals surface area (Å²) in [6, 6.07) is 27.1. The van der Waals surface area contributed by atoms with Crippen molar-refractivity contribution in [1.29, 1.82) is 0 Å². The lowest BCUT2D eigenvalue weighted by Crippen LogP contribution is -2.34. The summed E-state index contributed by atoms with van der Waals surface area (Å²) in [6.45, 7) is -0.352. The van der Waals surface area contributed by atoms with Gasteiger partial charge >= 0.3 is 5.97 Å². The quantitative estimate of drug-likeness (QED) is 0.266. The predicted octanol–water partition coefficient (Wildman–Crippen LogP) is 6.27. The number of nitrogens with zero attached hydrogens (tertiary/aromatic N) is 2. The monoisotopic (exact) mass is 576 g/mol. The molecule has 5 rings (SSSR count). The molecule has 1 saturated carbocycles. The van der Waals surface area contributed by atoms with E-state index in [0.717, 1.165) is 39.7 Å². The van der Waals surface area contributed by atoms with Gasteiger partial charge in [0.2, 0.25) is 0 Å². The molecule has 0 radical (unpaired) electrons. The van der Waals surface area contributed by atoms with Crippen molar-refractivity contribution in [2.75, 3.05) is 6.61 Å². The molecule has 0 N–H and O–H groups in total. The molecule has 1 heterocycles. The third-order valence-electron chi connectivity index (χ3n) is 6.45. The van der Waals surface area contributed by atoms with Gasteiger partial charge in [-0.05, 0) is 88.9 Å². The fourth-order valence-electron chi connectivity index (χ4n) is 4.80. The highest BCUT2D eigenvalue weighted by molar-refractivity contribution is 14.1. The highest BCUT2D eigenvalue weighted by Gasteiger charge is 2.43. The van der Waals surface area contributed by atoms with Crippen LogP contribution in [0.3, 0.4) is 0 Å². The molecule has 1 aliphatic carbocycles. The SMILES string of the molecule is O=C(OCC(=O)N1N=C2C(=Cc3ccccc3)CCCC2C1c1ccccc1)c1ccc(I)cc1. The van der Waals surface area contributed by atoms with E-state index in [1.165, 1.54) is 5.57 Å². The molecule has 35 heavy (non-hydrogen) atoms. The number of hydrogen-bond donors (Lipinski definition) is 0. The molecule has 2 atom stereocenters.